The Labute approximate surface area is 139 Å². The van der Waals surface area contributed by atoms with Crippen molar-refractivity contribution in [2.45, 2.75) is 13.3 Å². The molecule has 0 aliphatic carbocycles. The molecule has 0 atom stereocenters. The van der Waals surface area contributed by atoms with E-state index in [0.717, 1.165) is 12.0 Å². The normalized spacial score (nSPS) is 10.8. The first-order valence-electron chi connectivity index (χ1n) is 7.37. The molecular weight excluding hydrogens is 304 g/mol. The molecule has 5 heteroatoms. The number of nitriles is 1. The fraction of sp³-hybridized carbons (Fsp3) is 0.105. The molecule has 5 nitrogen and oxygen atoms in total. The molecule has 0 bridgehead atoms. The lowest BCUT2D eigenvalue weighted by Crippen LogP contribution is -2.25. The lowest BCUT2D eigenvalue weighted by molar-refractivity contribution is -0.254. The highest BCUT2D eigenvalue weighted by Gasteiger charge is 2.12. The molecule has 0 aliphatic rings. The molecule has 0 heterocycles. The highest BCUT2D eigenvalue weighted by molar-refractivity contribution is 6.11. The Balaban J connectivity index is 2.25. The van der Waals surface area contributed by atoms with Crippen molar-refractivity contribution in [1.82, 2.24) is 0 Å². The Bertz CT molecular complexity index is 830. The Kier molecular flexibility index (Phi) is 5.48. The van der Waals surface area contributed by atoms with E-state index in [-0.39, 0.29) is 16.8 Å². The zero-order valence-corrected chi connectivity index (χ0v) is 13.1. The zero-order chi connectivity index (χ0) is 17.5. The van der Waals surface area contributed by atoms with Gasteiger partial charge in [-0.3, -0.25) is 4.79 Å². The van der Waals surface area contributed by atoms with Crippen molar-refractivity contribution in [3.8, 4) is 6.07 Å². The number of benzene rings is 2. The number of carbonyl (C=O) groups excluding carboxylic acids is 2. The average Bonchev–Trinajstić information content (AvgIpc) is 2.60. The lowest BCUT2D eigenvalue weighted by atomic mass is 10.1. The predicted molar refractivity (Wildman–Crippen MR) is 88.8 cm³/mol. The van der Waals surface area contributed by atoms with Gasteiger partial charge in [0.2, 0.25) is 0 Å². The fourth-order valence-corrected chi connectivity index (χ4v) is 2.12. The minimum atomic E-state index is -1.40. The first-order chi connectivity index (χ1) is 11.5. The molecule has 1 N–H and O–H groups in total. The summed E-state index contributed by atoms with van der Waals surface area (Å²) in [5, 5.41) is 22.7. The van der Waals surface area contributed by atoms with E-state index in [1.54, 1.807) is 6.07 Å². The van der Waals surface area contributed by atoms with Crippen molar-refractivity contribution in [3.63, 3.8) is 0 Å². The van der Waals surface area contributed by atoms with E-state index in [2.05, 4.69) is 5.32 Å². The van der Waals surface area contributed by atoms with Crippen molar-refractivity contribution in [2.24, 2.45) is 0 Å². The largest absolute Gasteiger partial charge is 0.545 e. The minimum absolute atomic E-state index is 0.0879. The molecule has 0 unspecified atom stereocenters. The van der Waals surface area contributed by atoms with Gasteiger partial charge in [-0.15, -0.1) is 0 Å². The maximum Gasteiger partial charge on any atom is 0.266 e. The van der Waals surface area contributed by atoms with Crippen molar-refractivity contribution >= 4 is 23.6 Å². The Morgan fingerprint density at radius 1 is 1.17 bits per heavy atom. The number of aryl methyl sites for hydroxylation is 1. The maximum absolute atomic E-state index is 12.2. The summed E-state index contributed by atoms with van der Waals surface area (Å²) >= 11 is 0. The third-order valence-electron chi connectivity index (χ3n) is 3.46. The summed E-state index contributed by atoms with van der Waals surface area (Å²) in [4.78, 5) is 23.3. The standard InChI is InChI=1S/C19H16N2O3/c1-2-13-7-9-14(10-8-13)11-15(12-20)18(22)21-17-6-4-3-5-16(17)19(23)24/h3-11H,2H2,1H3,(H,21,22)(H,23,24)/p-1/b15-11+. The quantitative estimate of drug-likeness (QED) is 0.675. The Hall–Kier alpha value is -3.39. The molecule has 24 heavy (non-hydrogen) atoms. The molecule has 2 rings (SSSR count). The number of carboxylic acid groups (broad SMARTS) is 1. The second-order valence-electron chi connectivity index (χ2n) is 5.05. The topological polar surface area (TPSA) is 93.0 Å². The molecule has 2 aromatic rings. The van der Waals surface area contributed by atoms with Crippen LogP contribution in [0.15, 0.2) is 54.1 Å². The number of rotatable bonds is 5. The van der Waals surface area contributed by atoms with Crippen molar-refractivity contribution in [1.29, 1.82) is 5.26 Å². The lowest BCUT2D eigenvalue weighted by Gasteiger charge is -2.11. The van der Waals surface area contributed by atoms with Gasteiger partial charge in [0.15, 0.2) is 0 Å². The molecule has 1 amide bonds. The maximum atomic E-state index is 12.2. The van der Waals surface area contributed by atoms with Gasteiger partial charge >= 0.3 is 0 Å². The van der Waals surface area contributed by atoms with E-state index in [1.807, 2.05) is 37.3 Å². The highest BCUT2D eigenvalue weighted by atomic mass is 16.4. The SMILES string of the molecule is CCc1ccc(/C=C(\C#N)C(=O)Nc2ccccc2C(=O)[O-])cc1. The van der Waals surface area contributed by atoms with Gasteiger partial charge in [-0.05, 0) is 29.7 Å². The summed E-state index contributed by atoms with van der Waals surface area (Å²) in [7, 11) is 0. The van der Waals surface area contributed by atoms with Crippen LogP contribution in [0, 0.1) is 11.3 Å². The average molecular weight is 319 g/mol. The second-order valence-corrected chi connectivity index (χ2v) is 5.05. The third-order valence-corrected chi connectivity index (χ3v) is 3.46. The van der Waals surface area contributed by atoms with Gasteiger partial charge in [-0.25, -0.2) is 0 Å². The van der Waals surface area contributed by atoms with Crippen LogP contribution in [-0.2, 0) is 11.2 Å². The van der Waals surface area contributed by atoms with Gasteiger partial charge in [0, 0.05) is 5.56 Å². The molecule has 0 saturated carbocycles. The van der Waals surface area contributed by atoms with E-state index in [4.69, 9.17) is 0 Å². The van der Waals surface area contributed by atoms with Crippen molar-refractivity contribution in [2.75, 3.05) is 5.32 Å². The predicted octanol–water partition coefficient (Wildman–Crippen LogP) is 2.16. The number of hydrogen-bond acceptors (Lipinski definition) is 4. The second kappa shape index (κ2) is 7.75. The Morgan fingerprint density at radius 3 is 2.42 bits per heavy atom. The van der Waals surface area contributed by atoms with Crippen LogP contribution < -0.4 is 10.4 Å². The molecule has 120 valence electrons. The molecule has 0 fully saturated rings. The fourth-order valence-electron chi connectivity index (χ4n) is 2.12. The molecule has 0 aromatic heterocycles. The van der Waals surface area contributed by atoms with Crippen LogP contribution >= 0.6 is 0 Å². The van der Waals surface area contributed by atoms with Crippen molar-refractivity contribution < 1.29 is 14.7 Å². The minimum Gasteiger partial charge on any atom is -0.545 e. The van der Waals surface area contributed by atoms with E-state index >= 15 is 0 Å². The van der Waals surface area contributed by atoms with Crippen LogP contribution in [0.1, 0.15) is 28.4 Å². The van der Waals surface area contributed by atoms with Gasteiger partial charge in [0.25, 0.3) is 5.91 Å². The molecule has 0 saturated heterocycles. The highest BCUT2D eigenvalue weighted by Crippen LogP contribution is 2.16. The number of hydrogen-bond donors (Lipinski definition) is 1. The molecule has 0 aliphatic heterocycles. The third kappa shape index (κ3) is 4.08. The van der Waals surface area contributed by atoms with Crippen LogP contribution in [0.3, 0.4) is 0 Å². The summed E-state index contributed by atoms with van der Waals surface area (Å²) in [6, 6.07) is 15.2. The van der Waals surface area contributed by atoms with Gasteiger partial charge < -0.3 is 15.2 Å². The van der Waals surface area contributed by atoms with Gasteiger partial charge in [-0.2, -0.15) is 5.26 Å². The summed E-state index contributed by atoms with van der Waals surface area (Å²) in [5.41, 5.74) is 1.69. The number of amides is 1. The van der Waals surface area contributed by atoms with Crippen LogP contribution in [0.2, 0.25) is 0 Å². The van der Waals surface area contributed by atoms with E-state index in [1.165, 1.54) is 24.3 Å². The smallest absolute Gasteiger partial charge is 0.266 e. The molecule has 2 aromatic carbocycles. The van der Waals surface area contributed by atoms with E-state index in [0.29, 0.717) is 5.56 Å². The summed E-state index contributed by atoms with van der Waals surface area (Å²) in [5.74, 6) is -2.07. The number of para-hydroxylation sites is 1. The summed E-state index contributed by atoms with van der Waals surface area (Å²) < 4.78 is 0. The van der Waals surface area contributed by atoms with Gasteiger partial charge in [0.1, 0.15) is 11.6 Å². The number of nitrogens with one attached hydrogen (secondary N) is 1. The van der Waals surface area contributed by atoms with Crippen LogP contribution in [-0.4, -0.2) is 11.9 Å². The molecular formula is C19H15N2O3-. The number of carbonyl (C=O) groups is 2. The number of anilines is 1. The van der Waals surface area contributed by atoms with Gasteiger partial charge in [0.05, 0.1) is 11.7 Å². The number of carboxylic acids is 1. The summed E-state index contributed by atoms with van der Waals surface area (Å²) in [6.07, 6.45) is 2.35. The van der Waals surface area contributed by atoms with Crippen LogP contribution in [0.4, 0.5) is 5.69 Å². The molecule has 0 radical (unpaired) electrons. The van der Waals surface area contributed by atoms with Crippen LogP contribution in [0.5, 0.6) is 0 Å². The number of aromatic carboxylic acids is 1. The molecule has 0 spiro atoms. The van der Waals surface area contributed by atoms with E-state index in [9.17, 15) is 20.0 Å². The number of nitrogens with zero attached hydrogens (tertiary/aromatic N) is 1. The Morgan fingerprint density at radius 2 is 1.83 bits per heavy atom. The first-order valence-corrected chi connectivity index (χ1v) is 7.37. The summed E-state index contributed by atoms with van der Waals surface area (Å²) in [6.45, 7) is 2.04. The van der Waals surface area contributed by atoms with Crippen LogP contribution in [0.25, 0.3) is 6.08 Å². The monoisotopic (exact) mass is 319 g/mol. The van der Waals surface area contributed by atoms with Gasteiger partial charge in [-0.1, -0.05) is 49.4 Å². The van der Waals surface area contributed by atoms with E-state index < -0.39 is 11.9 Å². The van der Waals surface area contributed by atoms with Crippen molar-refractivity contribution in [3.05, 3.63) is 70.8 Å². The first kappa shape index (κ1) is 17.0. The zero-order valence-electron chi connectivity index (χ0n) is 13.1.